The summed E-state index contributed by atoms with van der Waals surface area (Å²) in [4.78, 5) is 0. The molecule has 0 spiro atoms. The highest BCUT2D eigenvalue weighted by molar-refractivity contribution is 7.99. The van der Waals surface area contributed by atoms with Gasteiger partial charge in [-0.3, -0.25) is 0 Å². The van der Waals surface area contributed by atoms with Crippen molar-refractivity contribution in [2.75, 3.05) is 13.7 Å². The van der Waals surface area contributed by atoms with Gasteiger partial charge in [0.1, 0.15) is 5.75 Å². The molecule has 0 aliphatic rings. The Bertz CT molecular complexity index is 463. The van der Waals surface area contributed by atoms with Crippen LogP contribution in [0.15, 0.2) is 18.2 Å². The van der Waals surface area contributed by atoms with Gasteiger partial charge in [-0.25, -0.2) is 0 Å². The molecule has 104 valence electrons. The van der Waals surface area contributed by atoms with Crippen molar-refractivity contribution in [3.63, 3.8) is 0 Å². The van der Waals surface area contributed by atoms with Crippen LogP contribution >= 0.6 is 11.8 Å². The van der Waals surface area contributed by atoms with Crippen LogP contribution in [0.2, 0.25) is 0 Å². The number of benzene rings is 1. The maximum Gasteiger partial charge on any atom is 0.134 e. The molecule has 19 heavy (non-hydrogen) atoms. The molecule has 2 atom stereocenters. The summed E-state index contributed by atoms with van der Waals surface area (Å²) in [6, 6.07) is 5.96. The van der Waals surface area contributed by atoms with Crippen LogP contribution in [0.3, 0.4) is 0 Å². The number of aliphatic hydroxyl groups excluding tert-OH is 1. The Balaban J connectivity index is 2.80. The monoisotopic (exact) mass is 279 g/mol. The summed E-state index contributed by atoms with van der Waals surface area (Å²) in [5.74, 6) is 7.46. The normalized spacial score (nSPS) is 13.3. The third kappa shape index (κ3) is 5.15. The summed E-state index contributed by atoms with van der Waals surface area (Å²) < 4.78 is 5.27. The van der Waals surface area contributed by atoms with Crippen LogP contribution in [0.25, 0.3) is 0 Å². The van der Waals surface area contributed by atoms with Gasteiger partial charge in [-0.15, -0.1) is 0 Å². The number of ether oxygens (including phenoxy) is 1. The van der Waals surface area contributed by atoms with Crippen LogP contribution in [0.4, 0.5) is 0 Å². The second kappa shape index (κ2) is 8.11. The molecule has 0 radical (unpaired) electrons. The van der Waals surface area contributed by atoms with Gasteiger partial charge in [0.05, 0.1) is 25.3 Å². The van der Waals surface area contributed by atoms with E-state index in [9.17, 15) is 5.11 Å². The van der Waals surface area contributed by atoms with Crippen LogP contribution < -0.4 is 10.5 Å². The molecule has 1 aromatic carbocycles. The van der Waals surface area contributed by atoms with Gasteiger partial charge in [-0.1, -0.05) is 24.8 Å². The van der Waals surface area contributed by atoms with E-state index in [-0.39, 0.29) is 11.4 Å². The Morgan fingerprint density at radius 2 is 2.16 bits per heavy atom. The first-order valence-electron chi connectivity index (χ1n) is 6.24. The van der Waals surface area contributed by atoms with E-state index in [0.717, 1.165) is 17.1 Å². The molecule has 0 amide bonds. The molecule has 0 aliphatic heterocycles. The van der Waals surface area contributed by atoms with Crippen molar-refractivity contribution in [1.29, 1.82) is 0 Å². The molecule has 0 aliphatic carbocycles. The van der Waals surface area contributed by atoms with Crippen LogP contribution in [-0.2, 0) is 5.75 Å². The van der Waals surface area contributed by atoms with E-state index in [1.54, 1.807) is 18.9 Å². The predicted octanol–water partition coefficient (Wildman–Crippen LogP) is 2.01. The van der Waals surface area contributed by atoms with Crippen molar-refractivity contribution in [3.8, 4) is 17.6 Å². The number of rotatable bonds is 5. The van der Waals surface area contributed by atoms with Gasteiger partial charge in [-0.2, -0.15) is 11.8 Å². The van der Waals surface area contributed by atoms with Crippen molar-refractivity contribution in [1.82, 2.24) is 0 Å². The third-order valence-corrected chi connectivity index (χ3v) is 4.20. The highest BCUT2D eigenvalue weighted by atomic mass is 32.2. The van der Waals surface area contributed by atoms with E-state index >= 15 is 0 Å². The molecule has 3 N–H and O–H groups in total. The second-order valence-corrected chi connectivity index (χ2v) is 5.66. The Hall–Kier alpha value is -1.15. The molecule has 1 rings (SSSR count). The van der Waals surface area contributed by atoms with Crippen LogP contribution in [0.1, 0.15) is 25.0 Å². The molecule has 0 aromatic heterocycles. The smallest absolute Gasteiger partial charge is 0.134 e. The Morgan fingerprint density at radius 3 is 2.74 bits per heavy atom. The van der Waals surface area contributed by atoms with E-state index in [2.05, 4.69) is 11.8 Å². The van der Waals surface area contributed by atoms with Gasteiger partial charge in [0.15, 0.2) is 0 Å². The molecule has 0 heterocycles. The Kier molecular flexibility index (Phi) is 6.79. The Morgan fingerprint density at radius 1 is 1.42 bits per heavy atom. The number of aliphatic hydroxyl groups is 1. The summed E-state index contributed by atoms with van der Waals surface area (Å²) in [5.41, 5.74) is 7.41. The summed E-state index contributed by atoms with van der Waals surface area (Å²) in [5, 5.41) is 9.68. The summed E-state index contributed by atoms with van der Waals surface area (Å²) in [6.07, 6.45) is -0.306. The summed E-state index contributed by atoms with van der Waals surface area (Å²) in [6.45, 7) is 4.17. The SMILES string of the molecule is COc1ccc(CSC(C)C(C)O)cc1C#CCN. The van der Waals surface area contributed by atoms with E-state index in [4.69, 9.17) is 10.5 Å². The van der Waals surface area contributed by atoms with Crippen LogP contribution in [0, 0.1) is 11.8 Å². The number of thioether (sulfide) groups is 1. The average Bonchev–Trinajstić information content (AvgIpc) is 2.42. The first-order chi connectivity index (χ1) is 9.08. The van der Waals surface area contributed by atoms with Crippen molar-refractivity contribution in [2.45, 2.75) is 31.0 Å². The molecule has 0 bridgehead atoms. The largest absolute Gasteiger partial charge is 0.495 e. The van der Waals surface area contributed by atoms with Gasteiger partial charge in [0.2, 0.25) is 0 Å². The fraction of sp³-hybridized carbons (Fsp3) is 0.467. The van der Waals surface area contributed by atoms with Crippen molar-refractivity contribution < 1.29 is 9.84 Å². The maximum atomic E-state index is 9.47. The van der Waals surface area contributed by atoms with E-state index in [0.29, 0.717) is 6.54 Å². The molecule has 0 saturated heterocycles. The molecule has 3 nitrogen and oxygen atoms in total. The van der Waals surface area contributed by atoms with Crippen molar-refractivity contribution in [3.05, 3.63) is 29.3 Å². The minimum Gasteiger partial charge on any atom is -0.495 e. The van der Waals surface area contributed by atoms with Gasteiger partial charge >= 0.3 is 0 Å². The number of nitrogens with two attached hydrogens (primary N) is 1. The minimum absolute atomic E-state index is 0.209. The molecular formula is C15H21NO2S. The number of methoxy groups -OCH3 is 1. The second-order valence-electron chi connectivity index (χ2n) is 4.30. The van der Waals surface area contributed by atoms with Gasteiger partial charge < -0.3 is 15.6 Å². The molecule has 4 heteroatoms. The first-order valence-corrected chi connectivity index (χ1v) is 7.29. The van der Waals surface area contributed by atoms with Crippen molar-refractivity contribution in [2.24, 2.45) is 5.73 Å². The third-order valence-electron chi connectivity index (χ3n) is 2.78. The fourth-order valence-corrected chi connectivity index (χ4v) is 2.37. The van der Waals surface area contributed by atoms with Crippen LogP contribution in [-0.4, -0.2) is 30.1 Å². The lowest BCUT2D eigenvalue weighted by Gasteiger charge is -2.14. The topological polar surface area (TPSA) is 55.5 Å². The van der Waals surface area contributed by atoms with E-state index < -0.39 is 0 Å². The zero-order valence-electron chi connectivity index (χ0n) is 11.6. The molecule has 0 saturated carbocycles. The van der Waals surface area contributed by atoms with E-state index in [1.807, 2.05) is 32.0 Å². The molecule has 0 fully saturated rings. The van der Waals surface area contributed by atoms with Gasteiger partial charge in [0, 0.05) is 11.0 Å². The first kappa shape index (κ1) is 15.9. The lowest BCUT2D eigenvalue weighted by atomic mass is 10.1. The highest BCUT2D eigenvalue weighted by Crippen LogP contribution is 2.24. The van der Waals surface area contributed by atoms with Crippen molar-refractivity contribution >= 4 is 11.8 Å². The van der Waals surface area contributed by atoms with E-state index in [1.165, 1.54) is 5.56 Å². The number of hydrogen-bond donors (Lipinski definition) is 2. The zero-order valence-corrected chi connectivity index (χ0v) is 12.5. The fourth-order valence-electron chi connectivity index (χ4n) is 1.46. The van der Waals surface area contributed by atoms with Crippen LogP contribution in [0.5, 0.6) is 5.75 Å². The highest BCUT2D eigenvalue weighted by Gasteiger charge is 2.10. The molecule has 1 aromatic rings. The lowest BCUT2D eigenvalue weighted by molar-refractivity contribution is 0.196. The maximum absolute atomic E-state index is 9.47. The molecular weight excluding hydrogens is 258 g/mol. The average molecular weight is 279 g/mol. The summed E-state index contributed by atoms with van der Waals surface area (Å²) in [7, 11) is 1.63. The summed E-state index contributed by atoms with van der Waals surface area (Å²) >= 11 is 1.72. The standard InChI is InChI=1S/C15H21NO2S/c1-11(17)12(2)19-10-13-6-7-15(18-3)14(9-13)5-4-8-16/h6-7,9,11-12,17H,8,10,16H2,1-3H3. The van der Waals surface area contributed by atoms with Gasteiger partial charge in [-0.05, 0) is 24.6 Å². The zero-order chi connectivity index (χ0) is 14.3. The Labute approximate surface area is 119 Å². The van der Waals surface area contributed by atoms with Gasteiger partial charge in [0.25, 0.3) is 0 Å². The predicted molar refractivity (Wildman–Crippen MR) is 81.4 cm³/mol. The minimum atomic E-state index is -0.306. The quantitative estimate of drug-likeness (QED) is 0.810. The number of hydrogen-bond acceptors (Lipinski definition) is 4. The molecule has 2 unspecified atom stereocenters. The lowest BCUT2D eigenvalue weighted by Crippen LogP contribution is -2.15.